The van der Waals surface area contributed by atoms with E-state index in [9.17, 15) is 15.0 Å². The number of esters is 1. The van der Waals surface area contributed by atoms with Crippen molar-refractivity contribution in [1.82, 2.24) is 0 Å². The van der Waals surface area contributed by atoms with Gasteiger partial charge in [0, 0.05) is 24.7 Å². The normalized spacial score (nSPS) is 16.9. The number of carbonyl (C=O) groups is 1. The first-order chi connectivity index (χ1) is 23.7. The van der Waals surface area contributed by atoms with Gasteiger partial charge in [-0.05, 0) is 122 Å². The molecule has 49 heavy (non-hydrogen) atoms. The van der Waals surface area contributed by atoms with Crippen molar-refractivity contribution in [3.8, 4) is 11.1 Å². The van der Waals surface area contributed by atoms with Gasteiger partial charge in [0.15, 0.2) is 0 Å². The van der Waals surface area contributed by atoms with Gasteiger partial charge in [-0.1, -0.05) is 101 Å². The topological polar surface area (TPSA) is 76.0 Å². The van der Waals surface area contributed by atoms with E-state index < -0.39 is 5.97 Å². The number of rotatable bonds is 21. The largest absolute Gasteiger partial charge is 0.494 e. The van der Waals surface area contributed by atoms with Crippen LogP contribution in [0.1, 0.15) is 121 Å². The van der Waals surface area contributed by atoms with E-state index in [4.69, 9.17) is 9.47 Å². The first kappa shape index (κ1) is 40.0. The highest BCUT2D eigenvalue weighted by Gasteiger charge is 2.22. The Bertz CT molecular complexity index is 1390. The molecule has 0 aromatic heterocycles. The lowest BCUT2D eigenvalue weighted by atomic mass is 9.77. The molecule has 0 aliphatic heterocycles. The van der Waals surface area contributed by atoms with Gasteiger partial charge >= 0.3 is 5.97 Å². The molecule has 2 N–H and O–H groups in total. The molecule has 0 heterocycles. The van der Waals surface area contributed by atoms with Gasteiger partial charge in [0.05, 0.1) is 13.2 Å². The molecule has 1 aliphatic carbocycles. The van der Waals surface area contributed by atoms with E-state index >= 15 is 0 Å². The van der Waals surface area contributed by atoms with E-state index in [1.54, 1.807) is 6.92 Å². The van der Waals surface area contributed by atoms with Crippen LogP contribution in [0.2, 0.25) is 0 Å². The van der Waals surface area contributed by atoms with E-state index in [2.05, 4.69) is 81.6 Å². The summed E-state index contributed by atoms with van der Waals surface area (Å²) in [5.74, 6) is 1.53. The number of unbranched alkanes of at least 4 members (excludes halogenated alkanes) is 2. The lowest BCUT2D eigenvalue weighted by molar-refractivity contribution is -0.139. The zero-order chi connectivity index (χ0) is 35.6. The smallest absolute Gasteiger partial charge is 0.333 e. The molecular weight excluding hydrogens is 608 g/mol. The minimum absolute atomic E-state index is 0.0913. The van der Waals surface area contributed by atoms with Crippen LogP contribution in [0, 0.1) is 11.8 Å². The van der Waals surface area contributed by atoms with Crippen LogP contribution in [0.15, 0.2) is 84.7 Å². The molecule has 0 bridgehead atoms. The Kier molecular flexibility index (Phi) is 17.7. The SMILES string of the molecule is C=C(C)C(=O)OCCC/C(=C/C(=C\C)c1ccc(-c2ccc(C3CCC(CCCCC)CC3)cc2)cc1CC)C(=C)OCCC(CO)CO. The minimum atomic E-state index is -0.392. The summed E-state index contributed by atoms with van der Waals surface area (Å²) in [4.78, 5) is 11.9. The third kappa shape index (κ3) is 12.8. The molecule has 1 aliphatic rings. The number of benzene rings is 2. The zero-order valence-corrected chi connectivity index (χ0v) is 30.8. The zero-order valence-electron chi connectivity index (χ0n) is 30.8. The molecule has 5 heteroatoms. The molecule has 5 nitrogen and oxygen atoms in total. The van der Waals surface area contributed by atoms with Gasteiger partial charge < -0.3 is 19.7 Å². The molecule has 1 fully saturated rings. The maximum absolute atomic E-state index is 11.9. The maximum atomic E-state index is 11.9. The van der Waals surface area contributed by atoms with Crippen molar-refractivity contribution in [1.29, 1.82) is 0 Å². The summed E-state index contributed by atoms with van der Waals surface area (Å²) >= 11 is 0. The third-order valence-corrected chi connectivity index (χ3v) is 10.1. The van der Waals surface area contributed by atoms with Gasteiger partial charge in [-0.15, -0.1) is 0 Å². The van der Waals surface area contributed by atoms with Crippen LogP contribution in [0.5, 0.6) is 0 Å². The average Bonchev–Trinajstić information content (AvgIpc) is 3.13. The molecule has 0 atom stereocenters. The van der Waals surface area contributed by atoms with Crippen LogP contribution in [-0.2, 0) is 20.7 Å². The number of carbonyl (C=O) groups excluding carboxylic acids is 1. The van der Waals surface area contributed by atoms with Gasteiger partial charge in [-0.25, -0.2) is 4.79 Å². The number of hydrogen-bond acceptors (Lipinski definition) is 5. The predicted molar refractivity (Wildman–Crippen MR) is 204 cm³/mol. The molecular formula is C44H62O5. The molecule has 0 amide bonds. The monoisotopic (exact) mass is 670 g/mol. The van der Waals surface area contributed by atoms with Crippen molar-refractivity contribution in [3.63, 3.8) is 0 Å². The molecule has 268 valence electrons. The quantitative estimate of drug-likeness (QED) is 0.0454. The van der Waals surface area contributed by atoms with Crippen molar-refractivity contribution in [2.75, 3.05) is 26.4 Å². The molecule has 2 aromatic carbocycles. The molecule has 0 unspecified atom stereocenters. The number of aryl methyl sites for hydroxylation is 1. The molecule has 0 saturated heterocycles. The van der Waals surface area contributed by atoms with Crippen LogP contribution >= 0.6 is 0 Å². The third-order valence-electron chi connectivity index (χ3n) is 10.1. The second-order valence-corrected chi connectivity index (χ2v) is 13.8. The van der Waals surface area contributed by atoms with Crippen LogP contribution in [0.3, 0.4) is 0 Å². The maximum Gasteiger partial charge on any atom is 0.333 e. The second kappa shape index (κ2) is 21.6. The number of allylic oxidation sites excluding steroid dienone is 4. The highest BCUT2D eigenvalue weighted by Crippen LogP contribution is 2.38. The molecule has 0 spiro atoms. The Labute approximate surface area is 296 Å². The first-order valence-electron chi connectivity index (χ1n) is 18.7. The summed E-state index contributed by atoms with van der Waals surface area (Å²) in [7, 11) is 0. The summed E-state index contributed by atoms with van der Waals surface area (Å²) in [6.07, 6.45) is 17.7. The summed E-state index contributed by atoms with van der Waals surface area (Å²) in [6.45, 7) is 16.5. The Morgan fingerprint density at radius 1 is 0.918 bits per heavy atom. The van der Waals surface area contributed by atoms with Crippen molar-refractivity contribution < 1.29 is 24.5 Å². The van der Waals surface area contributed by atoms with E-state index in [1.807, 2.05) is 6.92 Å². The van der Waals surface area contributed by atoms with Crippen molar-refractivity contribution >= 4 is 11.5 Å². The summed E-state index contributed by atoms with van der Waals surface area (Å²) in [6, 6.07) is 16.1. The lowest BCUT2D eigenvalue weighted by Crippen LogP contribution is -2.14. The number of aliphatic hydroxyl groups is 2. The fourth-order valence-corrected chi connectivity index (χ4v) is 6.79. The summed E-state index contributed by atoms with van der Waals surface area (Å²) in [5.41, 5.74) is 8.75. The Morgan fingerprint density at radius 3 is 2.22 bits per heavy atom. The minimum Gasteiger partial charge on any atom is -0.494 e. The first-order valence-corrected chi connectivity index (χ1v) is 18.7. The summed E-state index contributed by atoms with van der Waals surface area (Å²) < 4.78 is 11.4. The van der Waals surface area contributed by atoms with Crippen LogP contribution in [-0.4, -0.2) is 42.6 Å². The lowest BCUT2D eigenvalue weighted by Gasteiger charge is -2.29. The van der Waals surface area contributed by atoms with E-state index in [1.165, 1.54) is 79.2 Å². The van der Waals surface area contributed by atoms with Crippen molar-refractivity contribution in [3.05, 3.63) is 101 Å². The number of aliphatic hydroxyl groups excluding tert-OH is 2. The number of hydrogen-bond donors (Lipinski definition) is 2. The van der Waals surface area contributed by atoms with Gasteiger partial charge in [0.1, 0.15) is 5.76 Å². The fraction of sp³-hybridized carbons (Fsp3) is 0.523. The van der Waals surface area contributed by atoms with E-state index in [0.717, 1.165) is 23.5 Å². The molecule has 2 aromatic rings. The van der Waals surface area contributed by atoms with Gasteiger partial charge in [-0.3, -0.25) is 0 Å². The van der Waals surface area contributed by atoms with Crippen LogP contribution in [0.4, 0.5) is 0 Å². The Morgan fingerprint density at radius 2 is 1.61 bits per heavy atom. The molecule has 1 saturated carbocycles. The fourth-order valence-electron chi connectivity index (χ4n) is 6.79. The number of ether oxygens (including phenoxy) is 2. The van der Waals surface area contributed by atoms with Crippen molar-refractivity contribution in [2.24, 2.45) is 11.8 Å². The second-order valence-electron chi connectivity index (χ2n) is 13.8. The average molecular weight is 671 g/mol. The standard InChI is InChI=1S/C44H62O5/c1-7-10-11-13-34-15-17-38(18-16-34)39-19-21-40(22-20-39)42-23-24-43(37(9-3)29-42)36(8-2)28-41(14-12-26-49-44(47)32(4)5)33(6)48-27-25-35(30-45)31-46/h8,19-24,28-29,34-35,38,45-46H,4,6-7,9-18,25-27,30-31H2,1-3,5H3/b36-8+,41-28-. The summed E-state index contributed by atoms with van der Waals surface area (Å²) in [5, 5.41) is 18.9. The Balaban J connectivity index is 1.75. The molecule has 3 rings (SSSR count). The van der Waals surface area contributed by atoms with Gasteiger partial charge in [-0.2, -0.15) is 0 Å². The Hall–Kier alpha value is -3.41. The van der Waals surface area contributed by atoms with Crippen molar-refractivity contribution in [2.45, 2.75) is 111 Å². The van der Waals surface area contributed by atoms with E-state index in [-0.39, 0.29) is 25.7 Å². The van der Waals surface area contributed by atoms with Gasteiger partial charge in [0.2, 0.25) is 0 Å². The highest BCUT2D eigenvalue weighted by atomic mass is 16.5. The van der Waals surface area contributed by atoms with Crippen LogP contribution < -0.4 is 0 Å². The molecule has 0 radical (unpaired) electrons. The predicted octanol–water partition coefficient (Wildman–Crippen LogP) is 10.5. The highest BCUT2D eigenvalue weighted by molar-refractivity contribution is 5.86. The van der Waals surface area contributed by atoms with Crippen LogP contribution in [0.25, 0.3) is 16.7 Å². The van der Waals surface area contributed by atoms with Gasteiger partial charge in [0.25, 0.3) is 0 Å². The van der Waals surface area contributed by atoms with E-state index in [0.29, 0.717) is 43.1 Å².